The highest BCUT2D eigenvalue weighted by molar-refractivity contribution is 5.96. The van der Waals surface area contributed by atoms with Crippen molar-refractivity contribution >= 4 is 12.1 Å². The van der Waals surface area contributed by atoms with Crippen molar-refractivity contribution in [2.45, 2.75) is 20.0 Å². The summed E-state index contributed by atoms with van der Waals surface area (Å²) in [7, 11) is 1.61. The predicted molar refractivity (Wildman–Crippen MR) is 114 cm³/mol. The van der Waals surface area contributed by atoms with Crippen molar-refractivity contribution in [1.29, 1.82) is 0 Å². The number of rotatable bonds is 6. The standard InChI is InChI=1S/C24H21F2N3O2/c1-3-31-23-9-20(22(26)8-19(23)15-5-4-6-18(25)7-15)24(30)29(2)14-17-12-27-10-16-11-28-13-21(16)17/h4-12H,3,13-14H2,1-2H3. The lowest BCUT2D eigenvalue weighted by atomic mass is 10.0. The van der Waals surface area contributed by atoms with Crippen molar-refractivity contribution in [1.82, 2.24) is 9.88 Å². The van der Waals surface area contributed by atoms with Gasteiger partial charge in [0.15, 0.2) is 0 Å². The van der Waals surface area contributed by atoms with Crippen molar-refractivity contribution in [2.24, 2.45) is 4.99 Å². The van der Waals surface area contributed by atoms with E-state index >= 15 is 0 Å². The van der Waals surface area contributed by atoms with Crippen LogP contribution in [0.15, 0.2) is 53.8 Å². The molecule has 0 saturated carbocycles. The number of halogens is 2. The fourth-order valence-electron chi connectivity index (χ4n) is 3.63. The Morgan fingerprint density at radius 1 is 1.19 bits per heavy atom. The molecule has 2 aromatic carbocycles. The van der Waals surface area contributed by atoms with Gasteiger partial charge in [0.2, 0.25) is 0 Å². The maximum Gasteiger partial charge on any atom is 0.257 e. The van der Waals surface area contributed by atoms with Crippen LogP contribution in [-0.2, 0) is 13.1 Å². The maximum absolute atomic E-state index is 15.0. The van der Waals surface area contributed by atoms with Crippen LogP contribution in [0.3, 0.4) is 0 Å². The van der Waals surface area contributed by atoms with Gasteiger partial charge in [-0.15, -0.1) is 0 Å². The molecule has 5 nitrogen and oxygen atoms in total. The summed E-state index contributed by atoms with van der Waals surface area (Å²) >= 11 is 0. The molecule has 0 radical (unpaired) electrons. The summed E-state index contributed by atoms with van der Waals surface area (Å²) < 4.78 is 34.3. The van der Waals surface area contributed by atoms with Gasteiger partial charge in [-0.05, 0) is 47.9 Å². The summed E-state index contributed by atoms with van der Waals surface area (Å²) in [4.78, 5) is 22.9. The molecule has 1 aliphatic heterocycles. The first-order valence-electron chi connectivity index (χ1n) is 9.91. The monoisotopic (exact) mass is 421 g/mol. The molecule has 3 aromatic rings. The largest absolute Gasteiger partial charge is 0.493 e. The van der Waals surface area contributed by atoms with Gasteiger partial charge in [0, 0.05) is 43.3 Å². The maximum atomic E-state index is 15.0. The number of amides is 1. The second-order valence-corrected chi connectivity index (χ2v) is 7.27. The average molecular weight is 421 g/mol. The fraction of sp³-hybridized carbons (Fsp3) is 0.208. The number of carbonyl (C=O) groups is 1. The van der Waals surface area contributed by atoms with Gasteiger partial charge in [0.25, 0.3) is 5.91 Å². The van der Waals surface area contributed by atoms with E-state index in [1.807, 2.05) is 0 Å². The quantitative estimate of drug-likeness (QED) is 0.583. The number of aromatic nitrogens is 1. The highest BCUT2D eigenvalue weighted by Crippen LogP contribution is 2.33. The molecule has 0 unspecified atom stereocenters. The van der Waals surface area contributed by atoms with Crippen LogP contribution >= 0.6 is 0 Å². The van der Waals surface area contributed by atoms with Crippen LogP contribution < -0.4 is 4.74 Å². The van der Waals surface area contributed by atoms with Crippen molar-refractivity contribution in [3.63, 3.8) is 0 Å². The first-order valence-corrected chi connectivity index (χ1v) is 9.91. The predicted octanol–water partition coefficient (Wildman–Crippen LogP) is 4.63. The normalized spacial score (nSPS) is 12.0. The molecule has 0 spiro atoms. The summed E-state index contributed by atoms with van der Waals surface area (Å²) in [6, 6.07) is 8.43. The van der Waals surface area contributed by atoms with Crippen LogP contribution in [0.4, 0.5) is 8.78 Å². The van der Waals surface area contributed by atoms with Crippen molar-refractivity contribution < 1.29 is 18.3 Å². The van der Waals surface area contributed by atoms with Gasteiger partial charge >= 0.3 is 0 Å². The molecule has 0 N–H and O–H groups in total. The van der Waals surface area contributed by atoms with Gasteiger partial charge < -0.3 is 9.64 Å². The smallest absolute Gasteiger partial charge is 0.257 e. The molecule has 158 valence electrons. The second-order valence-electron chi connectivity index (χ2n) is 7.27. The van der Waals surface area contributed by atoms with Crippen LogP contribution in [0.5, 0.6) is 5.75 Å². The molecule has 0 bridgehead atoms. The fourth-order valence-corrected chi connectivity index (χ4v) is 3.63. The van der Waals surface area contributed by atoms with Crippen molar-refractivity contribution in [2.75, 3.05) is 13.7 Å². The Kier molecular flexibility index (Phi) is 5.75. The lowest BCUT2D eigenvalue weighted by Gasteiger charge is -2.20. The molecule has 7 heteroatoms. The number of aliphatic imine (C=N–C) groups is 1. The SMILES string of the molecule is CCOc1cc(C(=O)N(C)Cc2cncc3c2CN=C3)c(F)cc1-c1cccc(F)c1. The molecule has 0 atom stereocenters. The Balaban J connectivity index is 1.65. The number of hydrogen-bond acceptors (Lipinski definition) is 4. The van der Waals surface area contributed by atoms with Crippen molar-refractivity contribution in [3.8, 4) is 16.9 Å². The van der Waals surface area contributed by atoms with E-state index in [9.17, 15) is 13.6 Å². The third kappa shape index (κ3) is 4.17. The van der Waals surface area contributed by atoms with Gasteiger partial charge in [-0.25, -0.2) is 8.78 Å². The van der Waals surface area contributed by atoms with E-state index in [0.717, 1.165) is 16.7 Å². The van der Waals surface area contributed by atoms with Crippen LogP contribution in [0.25, 0.3) is 11.1 Å². The highest BCUT2D eigenvalue weighted by atomic mass is 19.1. The van der Waals surface area contributed by atoms with Crippen LogP contribution in [0, 0.1) is 11.6 Å². The van der Waals surface area contributed by atoms with Crippen LogP contribution in [0.1, 0.15) is 34.0 Å². The first-order chi connectivity index (χ1) is 15.0. The topological polar surface area (TPSA) is 54.8 Å². The molecule has 0 aliphatic carbocycles. The first kappa shape index (κ1) is 20.7. The zero-order chi connectivity index (χ0) is 22.0. The van der Waals surface area contributed by atoms with Gasteiger partial charge in [-0.2, -0.15) is 0 Å². The second kappa shape index (κ2) is 8.63. The summed E-state index contributed by atoms with van der Waals surface area (Å²) in [6.07, 6.45) is 5.19. The summed E-state index contributed by atoms with van der Waals surface area (Å²) in [5, 5.41) is 0. The zero-order valence-electron chi connectivity index (χ0n) is 17.2. The van der Waals surface area contributed by atoms with E-state index in [0.29, 0.717) is 30.0 Å². The number of ether oxygens (including phenoxy) is 1. The summed E-state index contributed by atoms with van der Waals surface area (Å²) in [6.45, 7) is 2.92. The Morgan fingerprint density at radius 3 is 2.81 bits per heavy atom. The van der Waals surface area contributed by atoms with Gasteiger partial charge in [-0.3, -0.25) is 14.8 Å². The third-order valence-corrected chi connectivity index (χ3v) is 5.15. The molecular weight excluding hydrogens is 400 g/mol. The zero-order valence-corrected chi connectivity index (χ0v) is 17.2. The summed E-state index contributed by atoms with van der Waals surface area (Å²) in [5.74, 6) is -1.30. The van der Waals surface area contributed by atoms with E-state index in [1.165, 1.54) is 29.2 Å². The molecule has 2 heterocycles. The minimum atomic E-state index is -0.695. The van der Waals surface area contributed by atoms with Gasteiger partial charge in [-0.1, -0.05) is 12.1 Å². The molecule has 4 rings (SSSR count). The van der Waals surface area contributed by atoms with Gasteiger partial charge in [0.05, 0.1) is 18.7 Å². The highest BCUT2D eigenvalue weighted by Gasteiger charge is 2.22. The van der Waals surface area contributed by atoms with E-state index < -0.39 is 17.5 Å². The molecule has 0 fully saturated rings. The number of hydrogen-bond donors (Lipinski definition) is 0. The minimum absolute atomic E-state index is 0.108. The van der Waals surface area contributed by atoms with Gasteiger partial charge in [0.1, 0.15) is 17.4 Å². The Labute approximate surface area is 179 Å². The molecular formula is C24H21F2N3O2. The number of nitrogens with zero attached hydrogens (tertiary/aromatic N) is 3. The van der Waals surface area contributed by atoms with E-state index in [4.69, 9.17) is 4.74 Å². The van der Waals surface area contributed by atoms with Crippen molar-refractivity contribution in [3.05, 3.63) is 82.7 Å². The molecule has 0 saturated heterocycles. The number of carbonyl (C=O) groups excluding carboxylic acids is 1. The molecule has 1 aliphatic rings. The van der Waals surface area contributed by atoms with E-state index in [-0.39, 0.29) is 12.1 Å². The molecule has 31 heavy (non-hydrogen) atoms. The molecule has 1 amide bonds. The number of fused-ring (bicyclic) bond motifs is 1. The minimum Gasteiger partial charge on any atom is -0.493 e. The lowest BCUT2D eigenvalue weighted by molar-refractivity contribution is 0.0779. The van der Waals surface area contributed by atoms with Crippen LogP contribution in [0.2, 0.25) is 0 Å². The van der Waals surface area contributed by atoms with Crippen LogP contribution in [-0.4, -0.2) is 35.7 Å². The Bertz CT molecular complexity index is 1180. The molecule has 1 aromatic heterocycles. The lowest BCUT2D eigenvalue weighted by Crippen LogP contribution is -2.27. The van der Waals surface area contributed by atoms with E-state index in [1.54, 1.807) is 44.7 Å². The summed E-state index contributed by atoms with van der Waals surface area (Å²) in [5.41, 5.74) is 3.57. The average Bonchev–Trinajstić information content (AvgIpc) is 3.24. The van der Waals surface area contributed by atoms with E-state index in [2.05, 4.69) is 9.98 Å². The number of pyridine rings is 1. The third-order valence-electron chi connectivity index (χ3n) is 5.15. The number of benzene rings is 2. The Morgan fingerprint density at radius 2 is 2.03 bits per heavy atom. The Hall–Kier alpha value is -3.61.